The summed E-state index contributed by atoms with van der Waals surface area (Å²) in [6, 6.07) is 9.52. The van der Waals surface area contributed by atoms with Gasteiger partial charge in [0.15, 0.2) is 6.17 Å². The predicted molar refractivity (Wildman–Crippen MR) is 70.7 cm³/mol. The zero-order valence-corrected chi connectivity index (χ0v) is 11.3. The summed E-state index contributed by atoms with van der Waals surface area (Å²) in [5, 5.41) is 6.54. The fourth-order valence-corrected chi connectivity index (χ4v) is 1.50. The van der Waals surface area contributed by atoms with Gasteiger partial charge in [0.2, 0.25) is 5.91 Å². The Morgan fingerprint density at radius 1 is 1.32 bits per heavy atom. The summed E-state index contributed by atoms with van der Waals surface area (Å²) in [5.74, 6) is -0.632. The van der Waals surface area contributed by atoms with Crippen molar-refractivity contribution in [2.45, 2.75) is 19.6 Å². The molecule has 0 radical (unpaired) electrons. The Morgan fingerprint density at radius 2 is 1.95 bits per heavy atom. The first-order valence-corrected chi connectivity index (χ1v) is 5.90. The van der Waals surface area contributed by atoms with E-state index in [1.165, 1.54) is 19.1 Å². The third-order valence-electron chi connectivity index (χ3n) is 2.55. The van der Waals surface area contributed by atoms with Crippen LogP contribution in [0.4, 0.5) is 0 Å². The Hall–Kier alpha value is -1.92. The molecule has 6 heteroatoms. The monoisotopic (exact) mass is 265 g/mol. The van der Waals surface area contributed by atoms with Crippen LogP contribution in [0.5, 0.6) is 0 Å². The summed E-state index contributed by atoms with van der Waals surface area (Å²) in [6.07, 6.45) is -0.855. The molecule has 2 N–H and O–H groups in total. The first-order valence-electron chi connectivity index (χ1n) is 5.90. The minimum absolute atomic E-state index is 0.302. The van der Waals surface area contributed by atoms with Crippen LogP contribution in [-0.4, -0.2) is 37.2 Å². The number of benzene rings is 1. The van der Waals surface area contributed by atoms with Crippen LogP contribution in [-0.2, 0) is 21.0 Å². The van der Waals surface area contributed by atoms with E-state index >= 15 is 0 Å². The largest absolute Gasteiger partial charge is 0.349 e. The van der Waals surface area contributed by atoms with Crippen LogP contribution in [0.3, 0.4) is 0 Å². The van der Waals surface area contributed by atoms with E-state index in [2.05, 4.69) is 10.6 Å². The predicted octanol–water partition coefficient (Wildman–Crippen LogP) is 0.258. The summed E-state index contributed by atoms with van der Waals surface area (Å²) in [4.78, 5) is 28.0. The maximum atomic E-state index is 12.0. The van der Waals surface area contributed by atoms with Crippen molar-refractivity contribution in [3.05, 3.63) is 35.9 Å². The molecule has 0 fully saturated rings. The Bertz CT molecular complexity index is 422. The minimum atomic E-state index is -0.855. The summed E-state index contributed by atoms with van der Waals surface area (Å²) in [5.41, 5.74) is 0.984. The highest BCUT2D eigenvalue weighted by molar-refractivity contribution is 5.86. The molecule has 6 nitrogen and oxygen atoms in total. The zero-order valence-electron chi connectivity index (χ0n) is 11.3. The van der Waals surface area contributed by atoms with Gasteiger partial charge >= 0.3 is 0 Å². The molecule has 104 valence electrons. The molecule has 0 saturated carbocycles. The number of rotatable bonds is 6. The zero-order chi connectivity index (χ0) is 14.3. The van der Waals surface area contributed by atoms with Gasteiger partial charge in [-0.1, -0.05) is 30.3 Å². The molecule has 0 aliphatic rings. The van der Waals surface area contributed by atoms with E-state index in [1.807, 2.05) is 30.3 Å². The maximum Gasteiger partial charge on any atom is 0.260 e. The average molecular weight is 265 g/mol. The topological polar surface area (TPSA) is 70.7 Å². The van der Waals surface area contributed by atoms with E-state index in [-0.39, 0.29) is 11.8 Å². The molecule has 0 unspecified atom stereocenters. The van der Waals surface area contributed by atoms with Gasteiger partial charge in [0, 0.05) is 20.5 Å². The number of carbonyl (C=O) groups excluding carboxylic acids is 2. The highest BCUT2D eigenvalue weighted by atomic mass is 16.7. The molecule has 2 amide bonds. The average Bonchev–Trinajstić information content (AvgIpc) is 2.42. The van der Waals surface area contributed by atoms with Crippen LogP contribution < -0.4 is 10.6 Å². The van der Waals surface area contributed by atoms with Gasteiger partial charge in [-0.3, -0.25) is 9.59 Å². The van der Waals surface area contributed by atoms with Crippen LogP contribution >= 0.6 is 0 Å². The number of hydrogen-bond donors (Lipinski definition) is 2. The molecule has 0 heterocycles. The molecule has 0 aliphatic carbocycles. The van der Waals surface area contributed by atoms with Gasteiger partial charge in [0.25, 0.3) is 5.91 Å². The second kappa shape index (κ2) is 7.50. The van der Waals surface area contributed by atoms with Gasteiger partial charge in [-0.2, -0.15) is 5.06 Å². The fourth-order valence-electron chi connectivity index (χ4n) is 1.50. The van der Waals surface area contributed by atoms with Crippen molar-refractivity contribution in [2.75, 3.05) is 14.2 Å². The summed E-state index contributed by atoms with van der Waals surface area (Å²) in [6.45, 7) is 1.74. The standard InChI is InChI=1S/C13H19N3O3/c1-10(17)15-12(16(2)19-3)13(18)14-9-11-7-5-4-6-8-11/h4-8,12H,9H2,1-3H3,(H,14,18)(H,15,17)/t12-/m0/s1. The molecular formula is C13H19N3O3. The molecule has 0 aromatic heterocycles. The summed E-state index contributed by atoms with van der Waals surface area (Å²) in [7, 11) is 3.00. The number of hydrogen-bond acceptors (Lipinski definition) is 4. The lowest BCUT2D eigenvalue weighted by molar-refractivity contribution is -0.169. The van der Waals surface area contributed by atoms with E-state index < -0.39 is 6.17 Å². The van der Waals surface area contributed by atoms with Crippen LogP contribution in [0.25, 0.3) is 0 Å². The van der Waals surface area contributed by atoms with E-state index in [9.17, 15) is 9.59 Å². The van der Waals surface area contributed by atoms with Crippen molar-refractivity contribution in [1.29, 1.82) is 0 Å². The quantitative estimate of drug-likeness (QED) is 0.572. The lowest BCUT2D eigenvalue weighted by Crippen LogP contribution is -2.54. The van der Waals surface area contributed by atoms with Gasteiger partial charge in [0.1, 0.15) is 0 Å². The molecule has 1 aromatic carbocycles. The number of nitrogens with zero attached hydrogens (tertiary/aromatic N) is 1. The number of nitrogens with one attached hydrogen (secondary N) is 2. The second-order valence-electron chi connectivity index (χ2n) is 4.04. The molecular weight excluding hydrogens is 246 g/mol. The van der Waals surface area contributed by atoms with Crippen LogP contribution in [0, 0.1) is 0 Å². The van der Waals surface area contributed by atoms with E-state index in [0.29, 0.717) is 6.54 Å². The smallest absolute Gasteiger partial charge is 0.260 e. The summed E-state index contributed by atoms with van der Waals surface area (Å²) < 4.78 is 0. The van der Waals surface area contributed by atoms with Gasteiger partial charge in [-0.25, -0.2) is 0 Å². The van der Waals surface area contributed by atoms with E-state index in [0.717, 1.165) is 5.56 Å². The number of carbonyl (C=O) groups is 2. The molecule has 0 spiro atoms. The molecule has 0 aliphatic heterocycles. The minimum Gasteiger partial charge on any atom is -0.349 e. The van der Waals surface area contributed by atoms with Crippen molar-refractivity contribution in [2.24, 2.45) is 0 Å². The van der Waals surface area contributed by atoms with Crippen molar-refractivity contribution < 1.29 is 14.4 Å². The normalized spacial score (nSPS) is 12.0. The molecule has 19 heavy (non-hydrogen) atoms. The fraction of sp³-hybridized carbons (Fsp3) is 0.385. The van der Waals surface area contributed by atoms with E-state index in [4.69, 9.17) is 4.84 Å². The van der Waals surface area contributed by atoms with Crippen molar-refractivity contribution >= 4 is 11.8 Å². The third-order valence-corrected chi connectivity index (χ3v) is 2.55. The Morgan fingerprint density at radius 3 is 2.47 bits per heavy atom. The molecule has 0 bridgehead atoms. The Balaban J connectivity index is 2.59. The number of amides is 2. The lowest BCUT2D eigenvalue weighted by atomic mass is 10.2. The molecule has 0 saturated heterocycles. The van der Waals surface area contributed by atoms with Crippen molar-refractivity contribution in [3.63, 3.8) is 0 Å². The van der Waals surface area contributed by atoms with Gasteiger partial charge in [-0.15, -0.1) is 0 Å². The third kappa shape index (κ3) is 5.07. The molecule has 1 rings (SSSR count). The van der Waals surface area contributed by atoms with Gasteiger partial charge in [-0.05, 0) is 5.56 Å². The SMILES string of the molecule is CON(C)[C@H](NC(C)=O)C(=O)NCc1ccccc1. The van der Waals surface area contributed by atoms with E-state index in [1.54, 1.807) is 7.05 Å². The molecule has 1 atom stereocenters. The van der Waals surface area contributed by atoms with Gasteiger partial charge in [0.05, 0.1) is 7.11 Å². The number of hydroxylamine groups is 2. The molecule has 1 aromatic rings. The van der Waals surface area contributed by atoms with Crippen molar-refractivity contribution in [3.8, 4) is 0 Å². The maximum absolute atomic E-state index is 12.0. The number of likely N-dealkylation sites (N-methyl/N-ethyl adjacent to an activating group) is 1. The van der Waals surface area contributed by atoms with Crippen molar-refractivity contribution in [1.82, 2.24) is 15.7 Å². The Labute approximate surface area is 112 Å². The second-order valence-corrected chi connectivity index (χ2v) is 4.04. The lowest BCUT2D eigenvalue weighted by Gasteiger charge is -2.25. The highest BCUT2D eigenvalue weighted by Gasteiger charge is 2.23. The van der Waals surface area contributed by atoms with Crippen LogP contribution in [0.2, 0.25) is 0 Å². The van der Waals surface area contributed by atoms with Crippen LogP contribution in [0.15, 0.2) is 30.3 Å². The Kier molecular flexibility index (Phi) is 5.98. The summed E-state index contributed by atoms with van der Waals surface area (Å²) >= 11 is 0. The first kappa shape index (κ1) is 15.1. The first-order chi connectivity index (χ1) is 9.04. The van der Waals surface area contributed by atoms with Gasteiger partial charge < -0.3 is 15.5 Å². The van der Waals surface area contributed by atoms with Crippen LogP contribution in [0.1, 0.15) is 12.5 Å². The highest BCUT2D eigenvalue weighted by Crippen LogP contribution is 1.99.